The Balaban J connectivity index is 2.12. The maximum atomic E-state index is 14.6. The minimum Gasteiger partial charge on any atom is -0.497 e. The van der Waals surface area contributed by atoms with Crippen LogP contribution in [0.1, 0.15) is 25.2 Å². The Morgan fingerprint density at radius 3 is 2.00 bits per heavy atom. The first-order valence-corrected chi connectivity index (χ1v) is 12.0. The minimum atomic E-state index is -3.37. The molecule has 0 amide bonds. The number of anilines is 2. The summed E-state index contributed by atoms with van der Waals surface area (Å²) >= 11 is 0. The van der Waals surface area contributed by atoms with Gasteiger partial charge in [0.25, 0.3) is 7.37 Å². The second-order valence-electron chi connectivity index (χ2n) is 7.85. The summed E-state index contributed by atoms with van der Waals surface area (Å²) < 4.78 is 26.2. The van der Waals surface area contributed by atoms with Crippen LogP contribution in [0.4, 0.5) is 11.4 Å². The topological polar surface area (TPSA) is 50.8 Å². The Kier molecular flexibility index (Phi) is 7.42. The molecule has 3 aromatic carbocycles. The summed E-state index contributed by atoms with van der Waals surface area (Å²) in [6.45, 7) is 3.82. The highest BCUT2D eigenvalue weighted by Crippen LogP contribution is 2.60. The predicted octanol–water partition coefficient (Wildman–Crippen LogP) is 5.90. The first kappa shape index (κ1) is 22.9. The monoisotopic (exact) mass is 438 g/mol. The Bertz CT molecular complexity index is 1000. The van der Waals surface area contributed by atoms with Crippen molar-refractivity contribution in [3.63, 3.8) is 0 Å². The van der Waals surface area contributed by atoms with Gasteiger partial charge in [0.15, 0.2) is 0 Å². The number of hydrogen-bond acceptors (Lipinski definition) is 5. The van der Waals surface area contributed by atoms with Gasteiger partial charge in [0.2, 0.25) is 0 Å². The summed E-state index contributed by atoms with van der Waals surface area (Å²) in [6.07, 6.45) is -0.210. The van der Waals surface area contributed by atoms with Crippen LogP contribution < -0.4 is 20.3 Å². The molecular weight excluding hydrogens is 407 g/mol. The van der Waals surface area contributed by atoms with E-state index in [-0.39, 0.29) is 6.10 Å². The first-order chi connectivity index (χ1) is 14.8. The second kappa shape index (κ2) is 10.0. The summed E-state index contributed by atoms with van der Waals surface area (Å²) in [5, 5.41) is 4.15. The highest BCUT2D eigenvalue weighted by atomic mass is 31.2. The van der Waals surface area contributed by atoms with Crippen LogP contribution in [0.3, 0.4) is 0 Å². The van der Waals surface area contributed by atoms with Crippen molar-refractivity contribution in [1.29, 1.82) is 0 Å². The van der Waals surface area contributed by atoms with Gasteiger partial charge in [-0.15, -0.1) is 0 Å². The molecule has 0 saturated heterocycles. The molecule has 3 rings (SSSR count). The molecule has 0 fully saturated rings. The van der Waals surface area contributed by atoms with Crippen LogP contribution in [-0.2, 0) is 9.09 Å². The van der Waals surface area contributed by atoms with Crippen molar-refractivity contribution in [2.75, 3.05) is 31.4 Å². The van der Waals surface area contributed by atoms with Crippen molar-refractivity contribution in [2.24, 2.45) is 0 Å². The average molecular weight is 439 g/mol. The Hall–Kier alpha value is -2.75. The number of nitrogens with one attached hydrogen (secondary N) is 1. The van der Waals surface area contributed by atoms with Crippen molar-refractivity contribution >= 4 is 24.0 Å². The maximum absolute atomic E-state index is 14.6. The number of para-hydroxylation sites is 1. The summed E-state index contributed by atoms with van der Waals surface area (Å²) in [7, 11) is 2.23. The van der Waals surface area contributed by atoms with Gasteiger partial charge < -0.3 is 19.5 Å². The molecule has 0 aliphatic rings. The Morgan fingerprint density at radius 1 is 0.871 bits per heavy atom. The van der Waals surface area contributed by atoms with Crippen molar-refractivity contribution in [2.45, 2.75) is 25.7 Å². The molecule has 0 bridgehead atoms. The molecule has 0 aliphatic carbocycles. The van der Waals surface area contributed by atoms with Crippen LogP contribution in [0, 0.1) is 0 Å². The van der Waals surface area contributed by atoms with Crippen molar-refractivity contribution in [3.8, 4) is 5.75 Å². The van der Waals surface area contributed by atoms with E-state index in [9.17, 15) is 4.57 Å². The summed E-state index contributed by atoms with van der Waals surface area (Å²) in [5.74, 6) is 0.186. The van der Waals surface area contributed by atoms with E-state index in [1.54, 1.807) is 7.11 Å². The van der Waals surface area contributed by atoms with Gasteiger partial charge in [0.05, 0.1) is 13.2 Å². The number of nitrogens with zero attached hydrogens (tertiary/aromatic N) is 1. The maximum Gasteiger partial charge on any atom is 0.258 e. The third kappa shape index (κ3) is 5.49. The third-order valence-electron chi connectivity index (χ3n) is 4.94. The lowest BCUT2D eigenvalue weighted by Crippen LogP contribution is -2.22. The van der Waals surface area contributed by atoms with Crippen molar-refractivity contribution in [1.82, 2.24) is 0 Å². The molecule has 3 aromatic rings. The summed E-state index contributed by atoms with van der Waals surface area (Å²) in [6, 6.07) is 25.2. The molecule has 31 heavy (non-hydrogen) atoms. The van der Waals surface area contributed by atoms with E-state index in [1.165, 1.54) is 0 Å². The zero-order valence-electron chi connectivity index (χ0n) is 18.8. The van der Waals surface area contributed by atoms with Crippen LogP contribution in [0.15, 0.2) is 78.9 Å². The fourth-order valence-corrected chi connectivity index (χ4v) is 6.00. The molecule has 0 heterocycles. The molecule has 1 N–H and O–H groups in total. The highest BCUT2D eigenvalue weighted by molar-refractivity contribution is 7.67. The molecule has 0 saturated carbocycles. The van der Waals surface area contributed by atoms with Crippen LogP contribution >= 0.6 is 7.37 Å². The summed E-state index contributed by atoms with van der Waals surface area (Å²) in [5.41, 5.74) is 2.78. The van der Waals surface area contributed by atoms with Gasteiger partial charge in [-0.1, -0.05) is 30.3 Å². The minimum absolute atomic E-state index is 0.210. The van der Waals surface area contributed by atoms with Gasteiger partial charge in [-0.2, -0.15) is 0 Å². The number of methoxy groups -OCH3 is 1. The highest BCUT2D eigenvalue weighted by Gasteiger charge is 2.38. The predicted molar refractivity (Wildman–Crippen MR) is 130 cm³/mol. The first-order valence-electron chi connectivity index (χ1n) is 10.3. The van der Waals surface area contributed by atoms with Gasteiger partial charge in [-0.25, -0.2) is 0 Å². The fourth-order valence-electron chi connectivity index (χ4n) is 3.39. The SMILES string of the molecule is COc1ccc([C@H](Nc2ccccc2)[P@](=O)(OC(C)C)c2ccc(N(C)C)cc2)cc1. The Labute approximate surface area is 185 Å². The smallest absolute Gasteiger partial charge is 0.258 e. The molecule has 0 spiro atoms. The van der Waals surface area contributed by atoms with E-state index in [1.807, 2.05) is 112 Å². The number of hydrogen-bond donors (Lipinski definition) is 1. The molecule has 0 aliphatic heterocycles. The fraction of sp³-hybridized carbons (Fsp3) is 0.280. The van der Waals surface area contributed by atoms with E-state index < -0.39 is 13.2 Å². The lowest BCUT2D eigenvalue weighted by atomic mass is 10.2. The Morgan fingerprint density at radius 2 is 1.48 bits per heavy atom. The van der Waals surface area contributed by atoms with Gasteiger partial charge >= 0.3 is 0 Å². The molecule has 164 valence electrons. The van der Waals surface area contributed by atoms with Gasteiger partial charge in [0, 0.05) is 30.8 Å². The van der Waals surface area contributed by atoms with E-state index in [4.69, 9.17) is 9.26 Å². The average Bonchev–Trinajstić information content (AvgIpc) is 2.78. The molecular formula is C25H31N2O3P. The third-order valence-corrected chi connectivity index (χ3v) is 7.80. The lowest BCUT2D eigenvalue weighted by molar-refractivity contribution is 0.245. The lowest BCUT2D eigenvalue weighted by Gasteiger charge is -2.31. The number of benzene rings is 3. The van der Waals surface area contributed by atoms with Crippen molar-refractivity contribution in [3.05, 3.63) is 84.4 Å². The van der Waals surface area contributed by atoms with Crippen LogP contribution in [-0.4, -0.2) is 27.3 Å². The van der Waals surface area contributed by atoms with Crippen LogP contribution in [0.25, 0.3) is 0 Å². The molecule has 0 unspecified atom stereocenters. The van der Waals surface area contributed by atoms with E-state index >= 15 is 0 Å². The number of ether oxygens (including phenoxy) is 1. The van der Waals surface area contributed by atoms with Gasteiger partial charge in [-0.05, 0) is 67.9 Å². The molecule has 0 radical (unpaired) electrons. The quantitative estimate of drug-likeness (QED) is 0.422. The largest absolute Gasteiger partial charge is 0.497 e. The second-order valence-corrected chi connectivity index (χ2v) is 10.3. The molecule has 2 atom stereocenters. The molecule has 6 heteroatoms. The number of rotatable bonds is 9. The van der Waals surface area contributed by atoms with Crippen molar-refractivity contribution < 1.29 is 13.8 Å². The van der Waals surface area contributed by atoms with E-state index in [0.29, 0.717) is 5.30 Å². The molecule has 0 aromatic heterocycles. The molecule has 5 nitrogen and oxygen atoms in total. The normalized spacial score (nSPS) is 14.0. The van der Waals surface area contributed by atoms with Crippen LogP contribution in [0.2, 0.25) is 0 Å². The van der Waals surface area contributed by atoms with Crippen LogP contribution in [0.5, 0.6) is 5.75 Å². The van der Waals surface area contributed by atoms with Gasteiger partial charge in [-0.3, -0.25) is 4.57 Å². The van der Waals surface area contributed by atoms with E-state index in [0.717, 1.165) is 22.7 Å². The van der Waals surface area contributed by atoms with E-state index in [2.05, 4.69) is 5.32 Å². The zero-order valence-corrected chi connectivity index (χ0v) is 19.7. The standard InChI is InChI=1S/C25H31N2O3P/c1-19(2)30-31(28,24-17-13-22(14-18-24)27(3)4)25(26-21-9-7-6-8-10-21)20-11-15-23(29-5)16-12-20/h6-19,25-26H,1-5H3/t25-,31-/m1/s1. The summed E-state index contributed by atoms with van der Waals surface area (Å²) in [4.78, 5) is 2.02. The zero-order chi connectivity index (χ0) is 22.4. The van der Waals surface area contributed by atoms with Gasteiger partial charge in [0.1, 0.15) is 11.5 Å².